The second-order valence-corrected chi connectivity index (χ2v) is 4.38. The standard InChI is InChI=1S/C14H24O7/c1-2-3-4-7-19-8-9-20-10-11-21-13(16)6-5-12(15)14(17)18/h2-11H2,1H3,(H,17,18). The van der Waals surface area contributed by atoms with E-state index in [9.17, 15) is 14.4 Å². The van der Waals surface area contributed by atoms with Crippen LogP contribution in [0.25, 0.3) is 0 Å². The Morgan fingerprint density at radius 3 is 2.10 bits per heavy atom. The summed E-state index contributed by atoms with van der Waals surface area (Å²) in [5, 5.41) is 8.33. The minimum atomic E-state index is -1.54. The van der Waals surface area contributed by atoms with E-state index in [4.69, 9.17) is 19.3 Å². The number of carboxylic acids is 1. The molecule has 21 heavy (non-hydrogen) atoms. The number of carboxylic acid groups (broad SMARTS) is 1. The maximum atomic E-state index is 11.2. The zero-order chi connectivity index (χ0) is 15.9. The zero-order valence-electron chi connectivity index (χ0n) is 12.5. The molecule has 0 aromatic carbocycles. The molecule has 0 saturated heterocycles. The van der Waals surface area contributed by atoms with Crippen LogP contribution in [0, 0.1) is 0 Å². The van der Waals surface area contributed by atoms with E-state index >= 15 is 0 Å². The number of hydrogen-bond donors (Lipinski definition) is 1. The molecule has 0 rings (SSSR count). The van der Waals surface area contributed by atoms with Gasteiger partial charge in [0.25, 0.3) is 0 Å². The smallest absolute Gasteiger partial charge is 0.372 e. The van der Waals surface area contributed by atoms with Crippen molar-refractivity contribution in [2.24, 2.45) is 0 Å². The first-order chi connectivity index (χ1) is 10.1. The number of ether oxygens (including phenoxy) is 3. The molecule has 0 radical (unpaired) electrons. The first kappa shape index (κ1) is 19.5. The van der Waals surface area contributed by atoms with Crippen LogP contribution < -0.4 is 0 Å². The minimum absolute atomic E-state index is 0.0793. The fourth-order valence-electron chi connectivity index (χ4n) is 1.39. The summed E-state index contributed by atoms with van der Waals surface area (Å²) in [6, 6.07) is 0. The molecule has 0 aromatic heterocycles. The van der Waals surface area contributed by atoms with E-state index in [1.807, 2.05) is 0 Å². The number of unbranched alkanes of at least 4 members (excludes halogenated alkanes) is 2. The van der Waals surface area contributed by atoms with Crippen LogP contribution in [0.4, 0.5) is 0 Å². The third-order valence-corrected chi connectivity index (χ3v) is 2.55. The molecule has 0 spiro atoms. The van der Waals surface area contributed by atoms with Gasteiger partial charge in [0, 0.05) is 13.0 Å². The highest BCUT2D eigenvalue weighted by Gasteiger charge is 2.13. The van der Waals surface area contributed by atoms with Gasteiger partial charge in [-0.05, 0) is 6.42 Å². The van der Waals surface area contributed by atoms with E-state index in [-0.39, 0.29) is 26.1 Å². The molecule has 0 atom stereocenters. The van der Waals surface area contributed by atoms with Crippen molar-refractivity contribution in [3.05, 3.63) is 0 Å². The summed E-state index contributed by atoms with van der Waals surface area (Å²) in [4.78, 5) is 32.1. The maximum Gasteiger partial charge on any atom is 0.372 e. The fourth-order valence-corrected chi connectivity index (χ4v) is 1.39. The molecule has 7 heteroatoms. The monoisotopic (exact) mass is 304 g/mol. The van der Waals surface area contributed by atoms with E-state index in [1.54, 1.807) is 0 Å². The molecule has 0 bridgehead atoms. The van der Waals surface area contributed by atoms with Gasteiger partial charge < -0.3 is 19.3 Å². The predicted octanol–water partition coefficient (Wildman–Crippen LogP) is 1.19. The second-order valence-electron chi connectivity index (χ2n) is 4.38. The van der Waals surface area contributed by atoms with Crippen molar-refractivity contribution in [3.8, 4) is 0 Å². The summed E-state index contributed by atoms with van der Waals surface area (Å²) in [5.41, 5.74) is 0. The lowest BCUT2D eigenvalue weighted by Gasteiger charge is -2.06. The molecular weight excluding hydrogens is 280 g/mol. The Hall–Kier alpha value is -1.47. The zero-order valence-corrected chi connectivity index (χ0v) is 12.5. The quantitative estimate of drug-likeness (QED) is 0.292. The summed E-state index contributed by atoms with van der Waals surface area (Å²) in [6.07, 6.45) is 2.78. The Kier molecular flexibility index (Phi) is 12.6. The third kappa shape index (κ3) is 13.3. The molecule has 0 unspecified atom stereocenters. The van der Waals surface area contributed by atoms with Crippen LogP contribution in [0.3, 0.4) is 0 Å². The number of rotatable bonds is 14. The van der Waals surface area contributed by atoms with Crippen LogP contribution in [0.2, 0.25) is 0 Å². The number of aliphatic carboxylic acids is 1. The van der Waals surface area contributed by atoms with Crippen LogP contribution in [-0.2, 0) is 28.6 Å². The Morgan fingerprint density at radius 2 is 1.48 bits per heavy atom. The lowest BCUT2D eigenvalue weighted by molar-refractivity contribution is -0.151. The average Bonchev–Trinajstić information content (AvgIpc) is 2.46. The fraction of sp³-hybridized carbons (Fsp3) is 0.786. The van der Waals surface area contributed by atoms with Gasteiger partial charge in [0.2, 0.25) is 5.78 Å². The number of carbonyl (C=O) groups excluding carboxylic acids is 2. The number of carbonyl (C=O) groups is 3. The highest BCUT2D eigenvalue weighted by atomic mass is 16.6. The molecule has 0 saturated carbocycles. The Balaban J connectivity index is 3.29. The number of Topliss-reactive ketones (excluding diaryl/α,β-unsaturated/α-hetero) is 1. The van der Waals surface area contributed by atoms with Gasteiger partial charge in [0.1, 0.15) is 6.61 Å². The van der Waals surface area contributed by atoms with Gasteiger partial charge in [0.05, 0.1) is 26.2 Å². The van der Waals surface area contributed by atoms with Crippen molar-refractivity contribution in [2.45, 2.75) is 39.0 Å². The van der Waals surface area contributed by atoms with Crippen molar-refractivity contribution in [1.82, 2.24) is 0 Å². The summed E-state index contributed by atoms with van der Waals surface area (Å²) in [6.45, 7) is 4.12. The van der Waals surface area contributed by atoms with E-state index in [0.717, 1.165) is 25.9 Å². The van der Waals surface area contributed by atoms with Gasteiger partial charge in [0.15, 0.2) is 0 Å². The summed E-state index contributed by atoms with van der Waals surface area (Å²) in [5.74, 6) is -3.14. The maximum absolute atomic E-state index is 11.2. The normalized spacial score (nSPS) is 10.3. The highest BCUT2D eigenvalue weighted by Crippen LogP contribution is 1.96. The molecule has 1 N–H and O–H groups in total. The molecule has 0 aliphatic carbocycles. The molecule has 0 heterocycles. The topological polar surface area (TPSA) is 99.1 Å². The van der Waals surface area contributed by atoms with Gasteiger partial charge >= 0.3 is 11.9 Å². The van der Waals surface area contributed by atoms with Gasteiger partial charge in [-0.3, -0.25) is 9.59 Å². The van der Waals surface area contributed by atoms with Crippen molar-refractivity contribution < 1.29 is 33.7 Å². The van der Waals surface area contributed by atoms with Crippen molar-refractivity contribution >= 4 is 17.7 Å². The molecule has 7 nitrogen and oxygen atoms in total. The van der Waals surface area contributed by atoms with E-state index < -0.39 is 17.7 Å². The van der Waals surface area contributed by atoms with Gasteiger partial charge in [-0.1, -0.05) is 19.8 Å². The summed E-state index contributed by atoms with van der Waals surface area (Å²) < 4.78 is 15.3. The lowest BCUT2D eigenvalue weighted by atomic mass is 10.2. The van der Waals surface area contributed by atoms with Crippen LogP contribution in [-0.4, -0.2) is 55.9 Å². The Labute approximate surface area is 124 Å². The lowest BCUT2D eigenvalue weighted by Crippen LogP contribution is -2.16. The number of hydrogen-bond acceptors (Lipinski definition) is 6. The van der Waals surface area contributed by atoms with Crippen molar-refractivity contribution in [3.63, 3.8) is 0 Å². The van der Waals surface area contributed by atoms with Gasteiger partial charge in [-0.15, -0.1) is 0 Å². The van der Waals surface area contributed by atoms with Crippen LogP contribution in [0.15, 0.2) is 0 Å². The van der Waals surface area contributed by atoms with Crippen molar-refractivity contribution in [2.75, 3.05) is 33.0 Å². The van der Waals surface area contributed by atoms with Crippen LogP contribution in [0.1, 0.15) is 39.0 Å². The molecule has 122 valence electrons. The Bertz CT molecular complexity index is 314. The Morgan fingerprint density at radius 1 is 0.857 bits per heavy atom. The van der Waals surface area contributed by atoms with Gasteiger partial charge in [-0.25, -0.2) is 4.79 Å². The summed E-state index contributed by atoms with van der Waals surface area (Å²) in [7, 11) is 0. The van der Waals surface area contributed by atoms with Gasteiger partial charge in [-0.2, -0.15) is 0 Å². The number of esters is 1. The third-order valence-electron chi connectivity index (χ3n) is 2.55. The van der Waals surface area contributed by atoms with Crippen LogP contribution in [0.5, 0.6) is 0 Å². The average molecular weight is 304 g/mol. The largest absolute Gasteiger partial charge is 0.476 e. The molecule has 0 aliphatic rings. The molecule has 0 aliphatic heterocycles. The molecule has 0 fully saturated rings. The summed E-state index contributed by atoms with van der Waals surface area (Å²) >= 11 is 0. The highest BCUT2D eigenvalue weighted by molar-refractivity contribution is 6.32. The van der Waals surface area contributed by atoms with Crippen molar-refractivity contribution in [1.29, 1.82) is 0 Å². The molecule has 0 amide bonds. The molecule has 0 aromatic rings. The second kappa shape index (κ2) is 13.5. The van der Waals surface area contributed by atoms with E-state index in [2.05, 4.69) is 6.92 Å². The number of ketones is 1. The SMILES string of the molecule is CCCCCOCCOCCOC(=O)CCC(=O)C(=O)O. The first-order valence-electron chi connectivity index (χ1n) is 7.15. The molecular formula is C14H24O7. The van der Waals surface area contributed by atoms with Crippen LogP contribution >= 0.6 is 0 Å². The van der Waals surface area contributed by atoms with E-state index in [0.29, 0.717) is 13.2 Å². The van der Waals surface area contributed by atoms with E-state index in [1.165, 1.54) is 0 Å². The first-order valence-corrected chi connectivity index (χ1v) is 7.15. The predicted molar refractivity (Wildman–Crippen MR) is 74.0 cm³/mol. The minimum Gasteiger partial charge on any atom is -0.476 e.